The van der Waals surface area contributed by atoms with Crippen molar-refractivity contribution in [1.82, 2.24) is 0 Å². The molecule has 3 N–H and O–H groups in total. The molecule has 0 heterocycles. The van der Waals surface area contributed by atoms with E-state index in [1.54, 1.807) is 19.1 Å². The summed E-state index contributed by atoms with van der Waals surface area (Å²) in [5.41, 5.74) is 6.19. The van der Waals surface area contributed by atoms with Crippen molar-refractivity contribution < 1.29 is 13.6 Å². The molecule has 0 radical (unpaired) electrons. The maximum atomic E-state index is 13.8. The molecule has 19 heavy (non-hydrogen) atoms. The number of carbonyl (C=O) groups is 1. The van der Waals surface area contributed by atoms with Crippen LogP contribution in [0.15, 0.2) is 36.4 Å². The van der Waals surface area contributed by atoms with Crippen LogP contribution in [0.5, 0.6) is 0 Å². The Morgan fingerprint density at radius 1 is 1.21 bits per heavy atom. The molecule has 2 aromatic carbocycles. The Morgan fingerprint density at radius 3 is 2.68 bits per heavy atom. The summed E-state index contributed by atoms with van der Waals surface area (Å²) in [5, 5.41) is 2.39. The minimum Gasteiger partial charge on any atom is -0.397 e. The minimum atomic E-state index is -0.668. The van der Waals surface area contributed by atoms with Crippen LogP contribution in [0.1, 0.15) is 15.9 Å². The highest BCUT2D eigenvalue weighted by Gasteiger charge is 2.14. The Bertz CT molecular complexity index is 641. The fourth-order valence-corrected chi connectivity index (χ4v) is 1.65. The highest BCUT2D eigenvalue weighted by Crippen LogP contribution is 2.21. The summed E-state index contributed by atoms with van der Waals surface area (Å²) in [7, 11) is 0. The van der Waals surface area contributed by atoms with Gasteiger partial charge in [0.2, 0.25) is 0 Å². The van der Waals surface area contributed by atoms with Gasteiger partial charge in [-0.3, -0.25) is 4.79 Å². The van der Waals surface area contributed by atoms with E-state index in [-0.39, 0.29) is 16.9 Å². The molecule has 0 atom stereocenters. The van der Waals surface area contributed by atoms with Crippen LogP contribution in [0, 0.1) is 18.6 Å². The van der Waals surface area contributed by atoms with Crippen molar-refractivity contribution >= 4 is 17.3 Å². The molecule has 0 aromatic heterocycles. The molecule has 1 amide bonds. The average molecular weight is 262 g/mol. The molecule has 0 bridgehead atoms. The molecule has 0 aliphatic rings. The first kappa shape index (κ1) is 13.0. The molecule has 98 valence electrons. The number of benzene rings is 2. The van der Waals surface area contributed by atoms with Gasteiger partial charge in [0.15, 0.2) is 0 Å². The molecular weight excluding hydrogens is 250 g/mol. The van der Waals surface area contributed by atoms with Crippen LogP contribution in [0.4, 0.5) is 20.2 Å². The molecule has 0 aliphatic carbocycles. The van der Waals surface area contributed by atoms with Gasteiger partial charge in [0, 0.05) is 0 Å². The number of hydrogen-bond donors (Lipinski definition) is 2. The normalized spacial score (nSPS) is 10.3. The molecule has 0 fully saturated rings. The molecular formula is C14H12F2N2O. The van der Waals surface area contributed by atoms with E-state index >= 15 is 0 Å². The van der Waals surface area contributed by atoms with Gasteiger partial charge in [-0.1, -0.05) is 12.1 Å². The summed E-state index contributed by atoms with van der Waals surface area (Å²) in [6, 6.07) is 8.08. The molecule has 0 spiro atoms. The van der Waals surface area contributed by atoms with Gasteiger partial charge in [-0.2, -0.15) is 0 Å². The summed E-state index contributed by atoms with van der Waals surface area (Å²) in [6.07, 6.45) is 0. The molecule has 0 saturated heterocycles. The zero-order valence-corrected chi connectivity index (χ0v) is 10.2. The zero-order chi connectivity index (χ0) is 14.0. The third-order valence-electron chi connectivity index (χ3n) is 2.70. The maximum Gasteiger partial charge on any atom is 0.258 e. The van der Waals surface area contributed by atoms with Gasteiger partial charge in [-0.15, -0.1) is 0 Å². The zero-order valence-electron chi connectivity index (χ0n) is 10.2. The number of amides is 1. The van der Waals surface area contributed by atoms with Gasteiger partial charge in [0.1, 0.15) is 11.6 Å². The first-order valence-electron chi connectivity index (χ1n) is 5.60. The van der Waals surface area contributed by atoms with E-state index in [4.69, 9.17) is 5.73 Å². The molecule has 0 unspecified atom stereocenters. The first-order chi connectivity index (χ1) is 8.99. The van der Waals surface area contributed by atoms with E-state index in [0.29, 0.717) is 5.56 Å². The molecule has 2 rings (SSSR count). The second-order valence-electron chi connectivity index (χ2n) is 4.12. The molecule has 5 heteroatoms. The van der Waals surface area contributed by atoms with Crippen LogP contribution in [-0.2, 0) is 0 Å². The van der Waals surface area contributed by atoms with Crippen molar-refractivity contribution in [2.24, 2.45) is 0 Å². The number of hydrogen-bond acceptors (Lipinski definition) is 2. The number of nitrogen functional groups attached to an aromatic ring is 1. The highest BCUT2D eigenvalue weighted by atomic mass is 19.1. The Labute approximate surface area is 109 Å². The predicted octanol–water partition coefficient (Wildman–Crippen LogP) is 3.11. The second kappa shape index (κ2) is 5.06. The van der Waals surface area contributed by atoms with Crippen molar-refractivity contribution in [2.75, 3.05) is 11.1 Å². The van der Waals surface area contributed by atoms with Gasteiger partial charge in [-0.25, -0.2) is 8.78 Å². The van der Waals surface area contributed by atoms with Crippen molar-refractivity contribution in [3.05, 3.63) is 59.2 Å². The van der Waals surface area contributed by atoms with Gasteiger partial charge >= 0.3 is 0 Å². The molecule has 0 saturated carbocycles. The number of aryl methyl sites for hydroxylation is 1. The van der Waals surface area contributed by atoms with Gasteiger partial charge in [0.05, 0.1) is 16.9 Å². The summed E-state index contributed by atoms with van der Waals surface area (Å²) < 4.78 is 26.8. The quantitative estimate of drug-likeness (QED) is 0.817. The minimum absolute atomic E-state index is 0.108. The second-order valence-corrected chi connectivity index (χ2v) is 4.12. The van der Waals surface area contributed by atoms with Crippen LogP contribution in [0.2, 0.25) is 0 Å². The van der Waals surface area contributed by atoms with Crippen molar-refractivity contribution in [1.29, 1.82) is 0 Å². The number of anilines is 2. The van der Waals surface area contributed by atoms with E-state index < -0.39 is 17.5 Å². The van der Waals surface area contributed by atoms with Crippen LogP contribution < -0.4 is 11.1 Å². The van der Waals surface area contributed by atoms with E-state index in [2.05, 4.69) is 5.32 Å². The highest BCUT2D eigenvalue weighted by molar-refractivity contribution is 6.06. The summed E-state index contributed by atoms with van der Waals surface area (Å²) in [6.45, 7) is 1.56. The van der Waals surface area contributed by atoms with E-state index in [1.165, 1.54) is 18.2 Å². The number of nitrogens with two attached hydrogens (primary N) is 1. The van der Waals surface area contributed by atoms with Crippen molar-refractivity contribution in [2.45, 2.75) is 6.92 Å². The summed E-state index contributed by atoms with van der Waals surface area (Å²) in [5.74, 6) is -1.80. The Morgan fingerprint density at radius 2 is 1.95 bits per heavy atom. The lowest BCUT2D eigenvalue weighted by Crippen LogP contribution is -2.15. The maximum absolute atomic E-state index is 13.8. The van der Waals surface area contributed by atoms with Crippen molar-refractivity contribution in [3.63, 3.8) is 0 Å². The third kappa shape index (κ3) is 2.70. The lowest BCUT2D eigenvalue weighted by atomic mass is 10.1. The topological polar surface area (TPSA) is 55.1 Å². The number of halogens is 2. The van der Waals surface area contributed by atoms with Gasteiger partial charge in [0.25, 0.3) is 5.91 Å². The van der Waals surface area contributed by atoms with Crippen LogP contribution in [-0.4, -0.2) is 5.91 Å². The Hall–Kier alpha value is -2.43. The summed E-state index contributed by atoms with van der Waals surface area (Å²) >= 11 is 0. The first-order valence-corrected chi connectivity index (χ1v) is 5.60. The molecule has 3 nitrogen and oxygen atoms in total. The molecule has 2 aromatic rings. The summed E-state index contributed by atoms with van der Waals surface area (Å²) in [4.78, 5) is 11.9. The van der Waals surface area contributed by atoms with Crippen molar-refractivity contribution in [3.8, 4) is 0 Å². The molecule has 0 aliphatic heterocycles. The van der Waals surface area contributed by atoms with Crippen LogP contribution in [0.25, 0.3) is 0 Å². The smallest absolute Gasteiger partial charge is 0.258 e. The lowest BCUT2D eigenvalue weighted by Gasteiger charge is -2.09. The largest absolute Gasteiger partial charge is 0.397 e. The van der Waals surface area contributed by atoms with Gasteiger partial charge in [-0.05, 0) is 36.8 Å². The van der Waals surface area contributed by atoms with Crippen LogP contribution >= 0.6 is 0 Å². The third-order valence-corrected chi connectivity index (χ3v) is 2.70. The fraction of sp³-hybridized carbons (Fsp3) is 0.0714. The SMILES string of the molecule is Cc1cccc(C(=O)Nc2cc(F)ccc2N)c1F. The van der Waals surface area contributed by atoms with Gasteiger partial charge < -0.3 is 11.1 Å². The Kier molecular flexibility index (Phi) is 3.46. The average Bonchev–Trinajstić information content (AvgIpc) is 2.37. The number of carbonyl (C=O) groups excluding carboxylic acids is 1. The predicted molar refractivity (Wildman–Crippen MR) is 69.9 cm³/mol. The monoisotopic (exact) mass is 262 g/mol. The number of rotatable bonds is 2. The lowest BCUT2D eigenvalue weighted by molar-refractivity contribution is 0.102. The van der Waals surface area contributed by atoms with Crippen LogP contribution in [0.3, 0.4) is 0 Å². The van der Waals surface area contributed by atoms with E-state index in [0.717, 1.165) is 6.07 Å². The standard InChI is InChI=1S/C14H12F2N2O/c1-8-3-2-4-10(13(8)16)14(19)18-12-7-9(15)5-6-11(12)17/h2-7H,17H2,1H3,(H,18,19). The van der Waals surface area contributed by atoms with E-state index in [1.807, 2.05) is 0 Å². The number of nitrogens with one attached hydrogen (secondary N) is 1. The van der Waals surface area contributed by atoms with E-state index in [9.17, 15) is 13.6 Å². The fourth-order valence-electron chi connectivity index (χ4n) is 1.65. The Balaban J connectivity index is 2.31.